The molecule has 0 bridgehead atoms. The fraction of sp³-hybridized carbons (Fsp3) is 0.0714. The maximum Gasteiger partial charge on any atom is 0.255 e. The van der Waals surface area contributed by atoms with Gasteiger partial charge in [0, 0.05) is 11.3 Å². The van der Waals surface area contributed by atoms with Crippen LogP contribution < -0.4 is 10.5 Å². The predicted molar refractivity (Wildman–Crippen MR) is 76.9 cm³/mol. The van der Waals surface area contributed by atoms with Crippen LogP contribution in [0.4, 0.5) is 10.1 Å². The van der Waals surface area contributed by atoms with Crippen molar-refractivity contribution in [2.24, 2.45) is 5.14 Å². The number of nitrogens with two attached hydrogens (primary N) is 1. The Morgan fingerprint density at radius 2 is 1.90 bits per heavy atom. The van der Waals surface area contributed by atoms with E-state index in [2.05, 4.69) is 5.32 Å². The number of anilines is 1. The molecule has 3 N–H and O–H groups in total. The van der Waals surface area contributed by atoms with Crippen molar-refractivity contribution in [3.05, 3.63) is 59.4 Å². The fourth-order valence-electron chi connectivity index (χ4n) is 1.82. The summed E-state index contributed by atoms with van der Waals surface area (Å²) in [5.41, 5.74) is 0.839. The molecule has 0 radical (unpaired) electrons. The average molecular weight is 308 g/mol. The summed E-state index contributed by atoms with van der Waals surface area (Å²) in [6.45, 7) is 1.58. The first-order valence-electron chi connectivity index (χ1n) is 5.98. The zero-order valence-corrected chi connectivity index (χ0v) is 11.9. The summed E-state index contributed by atoms with van der Waals surface area (Å²) in [6.07, 6.45) is 0. The van der Waals surface area contributed by atoms with Crippen molar-refractivity contribution in [3.8, 4) is 0 Å². The molecule has 0 unspecified atom stereocenters. The van der Waals surface area contributed by atoms with Crippen molar-refractivity contribution < 1.29 is 17.6 Å². The molecule has 110 valence electrons. The zero-order valence-electron chi connectivity index (χ0n) is 11.1. The van der Waals surface area contributed by atoms with Crippen LogP contribution in [-0.2, 0) is 10.0 Å². The van der Waals surface area contributed by atoms with Gasteiger partial charge < -0.3 is 5.32 Å². The summed E-state index contributed by atoms with van der Waals surface area (Å²) < 4.78 is 35.9. The van der Waals surface area contributed by atoms with Gasteiger partial charge in [-0.1, -0.05) is 12.1 Å². The minimum absolute atomic E-state index is 0.116. The lowest BCUT2D eigenvalue weighted by molar-refractivity contribution is 0.102. The molecule has 21 heavy (non-hydrogen) atoms. The molecule has 2 rings (SSSR count). The standard InChI is InChI=1S/C14H13FN2O3S/c1-9-5-6-10(7-13(9)21(16,19)20)14(18)17-12-4-2-3-11(15)8-12/h2-8H,1H3,(H,17,18)(H2,16,19,20). The lowest BCUT2D eigenvalue weighted by atomic mass is 10.1. The van der Waals surface area contributed by atoms with E-state index in [1.807, 2.05) is 0 Å². The van der Waals surface area contributed by atoms with Crippen molar-refractivity contribution in [2.75, 3.05) is 5.32 Å². The Labute approximate surface area is 121 Å². The maximum absolute atomic E-state index is 13.0. The Hall–Kier alpha value is -2.25. The number of nitrogens with one attached hydrogen (secondary N) is 1. The van der Waals surface area contributed by atoms with Gasteiger partial charge in [0.05, 0.1) is 4.90 Å². The Bertz CT molecular complexity index is 804. The third kappa shape index (κ3) is 3.65. The maximum atomic E-state index is 13.0. The highest BCUT2D eigenvalue weighted by molar-refractivity contribution is 7.89. The van der Waals surface area contributed by atoms with E-state index in [9.17, 15) is 17.6 Å². The minimum Gasteiger partial charge on any atom is -0.322 e. The Balaban J connectivity index is 2.32. The van der Waals surface area contributed by atoms with Crippen LogP contribution in [0.25, 0.3) is 0 Å². The van der Waals surface area contributed by atoms with E-state index in [0.717, 1.165) is 6.07 Å². The molecule has 0 fully saturated rings. The number of aryl methyl sites for hydroxylation is 1. The van der Waals surface area contributed by atoms with Crippen molar-refractivity contribution in [3.63, 3.8) is 0 Å². The largest absolute Gasteiger partial charge is 0.322 e. The monoisotopic (exact) mass is 308 g/mol. The third-order valence-corrected chi connectivity index (χ3v) is 3.89. The van der Waals surface area contributed by atoms with Gasteiger partial charge in [-0.2, -0.15) is 0 Å². The second-order valence-corrected chi connectivity index (χ2v) is 6.02. The number of hydrogen-bond acceptors (Lipinski definition) is 3. The molecule has 0 spiro atoms. The lowest BCUT2D eigenvalue weighted by Gasteiger charge is -2.08. The van der Waals surface area contributed by atoms with Gasteiger partial charge in [0.25, 0.3) is 5.91 Å². The first kappa shape index (κ1) is 15.1. The molecular formula is C14H13FN2O3S. The Morgan fingerprint density at radius 3 is 2.52 bits per heavy atom. The molecule has 0 aliphatic carbocycles. The van der Waals surface area contributed by atoms with E-state index in [1.54, 1.807) is 6.92 Å². The average Bonchev–Trinajstić information content (AvgIpc) is 2.37. The van der Waals surface area contributed by atoms with E-state index in [1.165, 1.54) is 36.4 Å². The van der Waals surface area contributed by atoms with Gasteiger partial charge in [0.1, 0.15) is 5.82 Å². The molecule has 0 saturated heterocycles. The first-order chi connectivity index (χ1) is 9.77. The second kappa shape index (κ2) is 5.63. The predicted octanol–water partition coefficient (Wildman–Crippen LogP) is 2.03. The summed E-state index contributed by atoms with van der Waals surface area (Å²) in [6, 6.07) is 9.54. The molecule has 0 aliphatic heterocycles. The second-order valence-electron chi connectivity index (χ2n) is 4.49. The van der Waals surface area contributed by atoms with Gasteiger partial charge in [0.2, 0.25) is 10.0 Å². The van der Waals surface area contributed by atoms with E-state index < -0.39 is 21.7 Å². The third-order valence-electron chi connectivity index (χ3n) is 2.84. The lowest BCUT2D eigenvalue weighted by Crippen LogP contribution is -2.17. The summed E-state index contributed by atoms with van der Waals surface area (Å²) in [4.78, 5) is 11.9. The molecule has 0 aromatic heterocycles. The van der Waals surface area contributed by atoms with Crippen LogP contribution in [0.3, 0.4) is 0 Å². The highest BCUT2D eigenvalue weighted by Gasteiger charge is 2.15. The summed E-state index contributed by atoms with van der Waals surface area (Å²) in [5, 5.41) is 7.57. The fourth-order valence-corrected chi connectivity index (χ4v) is 2.63. The number of rotatable bonds is 3. The quantitative estimate of drug-likeness (QED) is 0.909. The number of primary sulfonamides is 1. The Morgan fingerprint density at radius 1 is 1.19 bits per heavy atom. The van der Waals surface area contributed by atoms with Crippen LogP contribution in [0.1, 0.15) is 15.9 Å². The number of benzene rings is 2. The molecule has 0 aliphatic rings. The molecule has 0 atom stereocenters. The van der Waals surface area contributed by atoms with Crippen LogP contribution in [-0.4, -0.2) is 14.3 Å². The summed E-state index contributed by atoms with van der Waals surface area (Å²) >= 11 is 0. The Kier molecular flexibility index (Phi) is 4.06. The molecule has 5 nitrogen and oxygen atoms in total. The highest BCUT2D eigenvalue weighted by atomic mass is 32.2. The zero-order chi connectivity index (χ0) is 15.6. The van der Waals surface area contributed by atoms with Crippen LogP contribution in [0.5, 0.6) is 0 Å². The van der Waals surface area contributed by atoms with Gasteiger partial charge >= 0.3 is 0 Å². The number of hydrogen-bond donors (Lipinski definition) is 2. The number of halogens is 1. The topological polar surface area (TPSA) is 89.3 Å². The number of carbonyl (C=O) groups excluding carboxylic acids is 1. The molecule has 0 saturated carbocycles. The van der Waals surface area contributed by atoms with Crippen LogP contribution >= 0.6 is 0 Å². The van der Waals surface area contributed by atoms with Crippen molar-refractivity contribution in [1.82, 2.24) is 0 Å². The van der Waals surface area contributed by atoms with E-state index in [4.69, 9.17) is 5.14 Å². The van der Waals surface area contributed by atoms with Gasteiger partial charge in [0.15, 0.2) is 0 Å². The molecule has 2 aromatic rings. The van der Waals surface area contributed by atoms with Gasteiger partial charge in [-0.3, -0.25) is 4.79 Å². The summed E-state index contributed by atoms with van der Waals surface area (Å²) in [7, 11) is -3.91. The minimum atomic E-state index is -3.91. The first-order valence-corrected chi connectivity index (χ1v) is 7.52. The normalized spacial score (nSPS) is 11.2. The molecular weight excluding hydrogens is 295 g/mol. The number of carbonyl (C=O) groups is 1. The molecule has 7 heteroatoms. The van der Waals surface area contributed by atoms with Gasteiger partial charge in [-0.05, 0) is 42.8 Å². The van der Waals surface area contributed by atoms with Crippen molar-refractivity contribution in [2.45, 2.75) is 11.8 Å². The van der Waals surface area contributed by atoms with E-state index in [-0.39, 0.29) is 16.1 Å². The number of sulfonamides is 1. The molecule has 2 aromatic carbocycles. The molecule has 1 amide bonds. The summed E-state index contributed by atoms with van der Waals surface area (Å²) in [5.74, 6) is -1.03. The van der Waals surface area contributed by atoms with Crippen LogP contribution in [0, 0.1) is 12.7 Å². The van der Waals surface area contributed by atoms with Crippen molar-refractivity contribution >= 4 is 21.6 Å². The van der Waals surface area contributed by atoms with E-state index >= 15 is 0 Å². The molecule has 0 heterocycles. The number of amides is 1. The van der Waals surface area contributed by atoms with Crippen molar-refractivity contribution in [1.29, 1.82) is 0 Å². The van der Waals surface area contributed by atoms with Crippen LogP contribution in [0.15, 0.2) is 47.4 Å². The van der Waals surface area contributed by atoms with E-state index in [0.29, 0.717) is 5.56 Å². The smallest absolute Gasteiger partial charge is 0.255 e. The van der Waals surface area contributed by atoms with Gasteiger partial charge in [-0.15, -0.1) is 0 Å². The highest BCUT2D eigenvalue weighted by Crippen LogP contribution is 2.17. The van der Waals surface area contributed by atoms with Gasteiger partial charge in [-0.25, -0.2) is 17.9 Å². The SMILES string of the molecule is Cc1ccc(C(=O)Nc2cccc(F)c2)cc1S(N)(=O)=O. The van der Waals surface area contributed by atoms with Crippen LogP contribution in [0.2, 0.25) is 0 Å².